The van der Waals surface area contributed by atoms with Gasteiger partial charge in [-0.2, -0.15) is 4.72 Å². The van der Waals surface area contributed by atoms with Crippen LogP contribution in [0.4, 0.5) is 5.69 Å². The van der Waals surface area contributed by atoms with E-state index in [-0.39, 0.29) is 16.7 Å². The zero-order valence-corrected chi connectivity index (χ0v) is 18.7. The molecule has 0 spiro atoms. The van der Waals surface area contributed by atoms with Crippen LogP contribution < -0.4 is 9.62 Å². The zero-order chi connectivity index (χ0) is 21.7. The Morgan fingerprint density at radius 3 is 2.13 bits per heavy atom. The number of piperazine rings is 1. The van der Waals surface area contributed by atoms with Gasteiger partial charge in [-0.1, -0.05) is 49.7 Å². The molecule has 3 rings (SSSR count). The third-order valence-electron chi connectivity index (χ3n) is 5.35. The molecule has 7 heteroatoms. The summed E-state index contributed by atoms with van der Waals surface area (Å²) in [5.41, 5.74) is 2.13. The van der Waals surface area contributed by atoms with E-state index in [1.54, 1.807) is 29.2 Å². The molecule has 1 aliphatic heterocycles. The lowest BCUT2D eigenvalue weighted by Gasteiger charge is -2.37. The number of anilines is 1. The fraction of sp³-hybridized carbons (Fsp3) is 0.435. The van der Waals surface area contributed by atoms with Gasteiger partial charge in [0.25, 0.3) is 0 Å². The highest BCUT2D eigenvalue weighted by Crippen LogP contribution is 2.18. The molecule has 30 heavy (non-hydrogen) atoms. The minimum Gasteiger partial charge on any atom is -0.368 e. The number of sulfonamides is 1. The molecule has 1 amide bonds. The Balaban J connectivity index is 1.69. The van der Waals surface area contributed by atoms with E-state index in [0.717, 1.165) is 24.3 Å². The Kier molecular flexibility index (Phi) is 7.15. The molecule has 0 radical (unpaired) electrons. The SMILES string of the molecule is Cc1ccc(S(=O)(=O)NC(CC(C)C)C(=O)N2CCN(c3ccccc3)CC2)cc1. The monoisotopic (exact) mass is 429 g/mol. The van der Waals surface area contributed by atoms with Gasteiger partial charge in [0.15, 0.2) is 0 Å². The maximum Gasteiger partial charge on any atom is 0.241 e. The molecule has 1 unspecified atom stereocenters. The van der Waals surface area contributed by atoms with Gasteiger partial charge < -0.3 is 9.80 Å². The summed E-state index contributed by atoms with van der Waals surface area (Å²) in [6, 6.07) is 16.0. The molecule has 1 saturated heterocycles. The quantitative estimate of drug-likeness (QED) is 0.735. The highest BCUT2D eigenvalue weighted by molar-refractivity contribution is 7.89. The van der Waals surface area contributed by atoms with Crippen LogP contribution in [0.2, 0.25) is 0 Å². The molecule has 1 N–H and O–H groups in total. The van der Waals surface area contributed by atoms with Crippen LogP contribution in [-0.2, 0) is 14.8 Å². The van der Waals surface area contributed by atoms with Crippen LogP contribution in [0.3, 0.4) is 0 Å². The van der Waals surface area contributed by atoms with Crippen molar-refractivity contribution in [1.82, 2.24) is 9.62 Å². The second kappa shape index (κ2) is 9.62. The molecule has 1 aliphatic rings. The smallest absolute Gasteiger partial charge is 0.241 e. The summed E-state index contributed by atoms with van der Waals surface area (Å²) in [4.78, 5) is 17.4. The largest absolute Gasteiger partial charge is 0.368 e. The summed E-state index contributed by atoms with van der Waals surface area (Å²) in [5.74, 6) is 0.0392. The molecule has 1 heterocycles. The first-order valence-electron chi connectivity index (χ1n) is 10.4. The normalized spacial score (nSPS) is 16.0. The first-order valence-corrected chi connectivity index (χ1v) is 11.9. The lowest BCUT2D eigenvalue weighted by Crippen LogP contribution is -2.55. The van der Waals surface area contributed by atoms with E-state index < -0.39 is 16.1 Å². The van der Waals surface area contributed by atoms with E-state index in [9.17, 15) is 13.2 Å². The van der Waals surface area contributed by atoms with Gasteiger partial charge in [-0.25, -0.2) is 8.42 Å². The number of benzene rings is 2. The van der Waals surface area contributed by atoms with Crippen molar-refractivity contribution >= 4 is 21.6 Å². The Hall–Kier alpha value is -2.38. The Morgan fingerprint density at radius 2 is 1.57 bits per heavy atom. The molecule has 1 fully saturated rings. The highest BCUT2D eigenvalue weighted by Gasteiger charge is 2.31. The van der Waals surface area contributed by atoms with Crippen LogP contribution in [0.5, 0.6) is 0 Å². The molecule has 0 aromatic heterocycles. The van der Waals surface area contributed by atoms with E-state index in [0.29, 0.717) is 19.5 Å². The third kappa shape index (κ3) is 5.61. The molecule has 162 valence electrons. The number of hydrogen-bond acceptors (Lipinski definition) is 4. The lowest BCUT2D eigenvalue weighted by atomic mass is 10.0. The number of amides is 1. The number of carbonyl (C=O) groups excluding carboxylic acids is 1. The van der Waals surface area contributed by atoms with E-state index in [1.807, 2.05) is 39.0 Å². The average molecular weight is 430 g/mol. The van der Waals surface area contributed by atoms with E-state index in [4.69, 9.17) is 0 Å². The van der Waals surface area contributed by atoms with Gasteiger partial charge >= 0.3 is 0 Å². The van der Waals surface area contributed by atoms with Crippen LogP contribution in [-0.4, -0.2) is 51.4 Å². The van der Waals surface area contributed by atoms with E-state index in [2.05, 4.69) is 21.8 Å². The Morgan fingerprint density at radius 1 is 0.967 bits per heavy atom. The number of nitrogens with one attached hydrogen (secondary N) is 1. The van der Waals surface area contributed by atoms with Crippen molar-refractivity contribution in [2.45, 2.75) is 38.1 Å². The van der Waals surface area contributed by atoms with E-state index >= 15 is 0 Å². The fourth-order valence-electron chi connectivity index (χ4n) is 3.69. The first-order chi connectivity index (χ1) is 14.3. The predicted molar refractivity (Wildman–Crippen MR) is 120 cm³/mol. The third-order valence-corrected chi connectivity index (χ3v) is 6.83. The number of nitrogens with zero attached hydrogens (tertiary/aromatic N) is 2. The molecular weight excluding hydrogens is 398 g/mol. The highest BCUT2D eigenvalue weighted by atomic mass is 32.2. The number of para-hydroxylation sites is 1. The second-order valence-electron chi connectivity index (χ2n) is 8.26. The van der Waals surface area contributed by atoms with E-state index in [1.165, 1.54) is 0 Å². The maximum atomic E-state index is 13.2. The van der Waals surface area contributed by atoms with Gasteiger partial charge in [-0.3, -0.25) is 4.79 Å². The zero-order valence-electron chi connectivity index (χ0n) is 17.9. The summed E-state index contributed by atoms with van der Waals surface area (Å²) in [7, 11) is -3.77. The van der Waals surface area contributed by atoms with Crippen LogP contribution in [0.1, 0.15) is 25.8 Å². The van der Waals surface area contributed by atoms with Gasteiger partial charge in [-0.15, -0.1) is 0 Å². The summed E-state index contributed by atoms with van der Waals surface area (Å²) >= 11 is 0. The topological polar surface area (TPSA) is 69.7 Å². The fourth-order valence-corrected chi connectivity index (χ4v) is 4.89. The Labute approximate surface area is 179 Å². The van der Waals surface area contributed by atoms with Gasteiger partial charge in [0.1, 0.15) is 6.04 Å². The molecule has 0 aliphatic carbocycles. The lowest BCUT2D eigenvalue weighted by molar-refractivity contribution is -0.133. The molecule has 2 aromatic rings. The van der Waals surface area contributed by atoms with Crippen molar-refractivity contribution in [2.75, 3.05) is 31.1 Å². The summed E-state index contributed by atoms with van der Waals surface area (Å²) in [6.45, 7) is 8.51. The van der Waals surface area contributed by atoms with Crippen molar-refractivity contribution in [1.29, 1.82) is 0 Å². The molecule has 0 saturated carbocycles. The van der Waals surface area contributed by atoms with Gasteiger partial charge in [0.2, 0.25) is 15.9 Å². The Bertz CT molecular complexity index is 935. The molecule has 2 aromatic carbocycles. The van der Waals surface area contributed by atoms with Crippen LogP contribution in [0.25, 0.3) is 0 Å². The number of carbonyl (C=O) groups is 1. The van der Waals surface area contributed by atoms with Crippen molar-refractivity contribution in [3.05, 3.63) is 60.2 Å². The average Bonchev–Trinajstić information content (AvgIpc) is 2.73. The molecule has 1 atom stereocenters. The van der Waals surface area contributed by atoms with Gasteiger partial charge in [0, 0.05) is 31.9 Å². The van der Waals surface area contributed by atoms with Gasteiger partial charge in [-0.05, 0) is 43.5 Å². The van der Waals surface area contributed by atoms with Crippen LogP contribution in [0.15, 0.2) is 59.5 Å². The van der Waals surface area contributed by atoms with Crippen molar-refractivity contribution in [2.24, 2.45) is 5.92 Å². The van der Waals surface area contributed by atoms with Crippen molar-refractivity contribution < 1.29 is 13.2 Å². The standard InChI is InChI=1S/C23H31N3O3S/c1-18(2)17-22(24-30(28,29)21-11-9-19(3)10-12-21)23(27)26-15-13-25(14-16-26)20-7-5-4-6-8-20/h4-12,18,22,24H,13-17H2,1-3H3. The van der Waals surface area contributed by atoms with Crippen LogP contribution >= 0.6 is 0 Å². The summed E-state index contributed by atoms with van der Waals surface area (Å²) in [5, 5.41) is 0. The van der Waals surface area contributed by atoms with Crippen molar-refractivity contribution in [3.63, 3.8) is 0 Å². The predicted octanol–water partition coefficient (Wildman–Crippen LogP) is 3.04. The minimum atomic E-state index is -3.77. The molecular formula is C23H31N3O3S. The molecule has 0 bridgehead atoms. The number of rotatable bonds is 7. The first kappa shape index (κ1) is 22.3. The summed E-state index contributed by atoms with van der Waals surface area (Å²) < 4.78 is 28.4. The molecule has 6 nitrogen and oxygen atoms in total. The second-order valence-corrected chi connectivity index (χ2v) is 9.98. The van der Waals surface area contributed by atoms with Gasteiger partial charge in [0.05, 0.1) is 4.90 Å². The number of hydrogen-bond donors (Lipinski definition) is 1. The van der Waals surface area contributed by atoms with Crippen LogP contribution in [0, 0.1) is 12.8 Å². The maximum absolute atomic E-state index is 13.2. The summed E-state index contributed by atoms with van der Waals surface area (Å²) in [6.07, 6.45) is 0.461. The number of aryl methyl sites for hydroxylation is 1. The van der Waals surface area contributed by atoms with Crippen molar-refractivity contribution in [3.8, 4) is 0 Å². The minimum absolute atomic E-state index is 0.146.